The molecule has 2 aliphatic heterocycles. The molecular formula is C30H56O17. The number of carbonyl (C=O) groups is 1. The van der Waals surface area contributed by atoms with E-state index in [1.165, 1.54) is 78.2 Å². The van der Waals surface area contributed by atoms with Gasteiger partial charge in [-0.05, 0) is 0 Å². The summed E-state index contributed by atoms with van der Waals surface area (Å²) in [6.07, 6.45) is -12.2. The first-order chi connectivity index (χ1) is 22.7. The summed E-state index contributed by atoms with van der Waals surface area (Å²) >= 11 is 0. The van der Waals surface area contributed by atoms with Crippen molar-refractivity contribution in [3.05, 3.63) is 0 Å². The van der Waals surface area contributed by atoms with Crippen molar-refractivity contribution in [1.82, 2.24) is 0 Å². The van der Waals surface area contributed by atoms with Crippen molar-refractivity contribution in [2.24, 2.45) is 0 Å². The van der Waals surface area contributed by atoms with Crippen molar-refractivity contribution < 1.29 is 80.6 Å². The number of rotatable bonds is 22. The van der Waals surface area contributed by atoms with Gasteiger partial charge in [-0.25, -0.2) is 4.79 Å². The highest BCUT2D eigenvalue weighted by molar-refractivity contribution is 5.75. The Bertz CT molecular complexity index is 853. The maximum absolute atomic E-state index is 13.3. The molecule has 17 nitrogen and oxygen atoms in total. The third-order valence-electron chi connectivity index (χ3n) is 8.39. The molecule has 17 heteroatoms. The van der Waals surface area contributed by atoms with Crippen molar-refractivity contribution in [2.45, 2.75) is 85.8 Å². The summed E-state index contributed by atoms with van der Waals surface area (Å²) in [6, 6.07) is 0. The molecule has 0 amide bonds. The fourth-order valence-electron chi connectivity index (χ4n) is 6.09. The van der Waals surface area contributed by atoms with Gasteiger partial charge in [0.1, 0.15) is 67.1 Å². The number of esters is 1. The largest absolute Gasteiger partial charge is 0.467 e. The van der Waals surface area contributed by atoms with E-state index in [0.717, 1.165) is 0 Å². The third kappa shape index (κ3) is 10.2. The molecule has 2 fully saturated rings. The molecule has 278 valence electrons. The van der Waals surface area contributed by atoms with Crippen molar-refractivity contribution in [1.29, 1.82) is 0 Å². The zero-order valence-electron chi connectivity index (χ0n) is 29.6. The van der Waals surface area contributed by atoms with Gasteiger partial charge in [0, 0.05) is 78.2 Å². The second-order valence-electron chi connectivity index (χ2n) is 10.8. The lowest BCUT2D eigenvalue weighted by molar-refractivity contribution is -0.370. The molecule has 14 atom stereocenters. The van der Waals surface area contributed by atoms with Crippen LogP contribution in [0.2, 0.25) is 0 Å². The average molecular weight is 689 g/mol. The number of hydrogen-bond acceptors (Lipinski definition) is 17. The Morgan fingerprint density at radius 2 is 1.06 bits per heavy atom. The average Bonchev–Trinajstić information content (AvgIpc) is 3.09. The summed E-state index contributed by atoms with van der Waals surface area (Å²) in [6.45, 7) is 0.464. The van der Waals surface area contributed by atoms with E-state index < -0.39 is 91.8 Å². The standard InChI is InChI=1S/C30H56O17/c1-32-13-16(35-4)19(37-6)21(17(36-5)14-33-2)45-30-27(42-11)23(40-9)24(25(47-30)28(31)43-12)46-29-26(41-10)22(39-8)20(38-7)18(44-29)15-34-3/h16-27,29-30H,13-15H2,1-12H3/t16-,17+,18+,19-,20+,21+,22-,23-,24-,25-,26+,27+,29-,30-/m0/s1. The number of hydrogen-bond donors (Lipinski definition) is 0. The second kappa shape index (κ2) is 21.8. The third-order valence-corrected chi connectivity index (χ3v) is 8.39. The van der Waals surface area contributed by atoms with Gasteiger partial charge >= 0.3 is 5.97 Å². The molecule has 2 saturated heterocycles. The first kappa shape index (κ1) is 42.0. The molecule has 0 aliphatic carbocycles. The Kier molecular flexibility index (Phi) is 19.5. The normalized spacial score (nSPS) is 34.0. The van der Waals surface area contributed by atoms with Gasteiger partial charge in [0.2, 0.25) is 0 Å². The molecule has 0 spiro atoms. The van der Waals surface area contributed by atoms with Crippen LogP contribution in [0.1, 0.15) is 0 Å². The zero-order valence-corrected chi connectivity index (χ0v) is 29.6. The van der Waals surface area contributed by atoms with Crippen LogP contribution in [0.4, 0.5) is 0 Å². The predicted octanol–water partition coefficient (Wildman–Crippen LogP) is -0.561. The lowest BCUT2D eigenvalue weighted by Crippen LogP contribution is -2.67. The number of methoxy groups -OCH3 is 12. The fraction of sp³-hybridized carbons (Fsp3) is 0.967. The Hall–Kier alpha value is -1.13. The van der Waals surface area contributed by atoms with Crippen molar-refractivity contribution >= 4 is 5.97 Å². The second-order valence-corrected chi connectivity index (χ2v) is 10.8. The van der Waals surface area contributed by atoms with Gasteiger partial charge in [-0.1, -0.05) is 0 Å². The van der Waals surface area contributed by atoms with Crippen molar-refractivity contribution in [2.75, 3.05) is 105 Å². The topological polar surface area (TPSA) is 165 Å². The molecule has 0 unspecified atom stereocenters. The molecular weight excluding hydrogens is 632 g/mol. The van der Waals surface area contributed by atoms with Crippen LogP contribution in [-0.4, -0.2) is 197 Å². The van der Waals surface area contributed by atoms with Gasteiger partial charge in [0.05, 0.1) is 26.9 Å². The SMILES string of the molecule is COC[C@H](OC)[C@H](OC)[C@H](O[C@H]1O[C@H](C(=O)OC)[C@@H](O[C@@H]2O[C@H](COC)[C@@H](OC)[C@H](OC)[C@H]2OC)[C@H](OC)[C@H]1OC)[C@@H](COC)OC. The van der Waals surface area contributed by atoms with Crippen LogP contribution in [0, 0.1) is 0 Å². The monoisotopic (exact) mass is 688 g/mol. The highest BCUT2D eigenvalue weighted by Gasteiger charge is 2.56. The Morgan fingerprint density at radius 3 is 1.51 bits per heavy atom. The van der Waals surface area contributed by atoms with Gasteiger partial charge in [-0.3, -0.25) is 0 Å². The summed E-state index contributed by atoms with van der Waals surface area (Å²) < 4.78 is 93.2. The first-order valence-corrected chi connectivity index (χ1v) is 15.1. The lowest BCUT2D eigenvalue weighted by atomic mass is 9.95. The van der Waals surface area contributed by atoms with Gasteiger partial charge in [0.25, 0.3) is 0 Å². The Morgan fingerprint density at radius 1 is 0.553 bits per heavy atom. The minimum Gasteiger partial charge on any atom is -0.467 e. The zero-order chi connectivity index (χ0) is 35.1. The van der Waals surface area contributed by atoms with Gasteiger partial charge in [0.15, 0.2) is 18.7 Å². The lowest BCUT2D eigenvalue weighted by Gasteiger charge is -2.49. The van der Waals surface area contributed by atoms with E-state index in [1.807, 2.05) is 0 Å². The molecule has 2 heterocycles. The molecule has 0 radical (unpaired) electrons. The molecule has 0 N–H and O–H groups in total. The summed E-state index contributed by atoms with van der Waals surface area (Å²) in [5.74, 6) is -0.759. The number of carbonyl (C=O) groups excluding carboxylic acids is 1. The van der Waals surface area contributed by atoms with Crippen LogP contribution in [0.25, 0.3) is 0 Å². The minimum atomic E-state index is -1.38. The van der Waals surface area contributed by atoms with Crippen LogP contribution >= 0.6 is 0 Å². The molecule has 0 saturated carbocycles. The Labute approximate surface area is 277 Å². The highest BCUT2D eigenvalue weighted by atomic mass is 16.8. The quantitative estimate of drug-likeness (QED) is 0.133. The minimum absolute atomic E-state index is 0.123. The van der Waals surface area contributed by atoms with E-state index in [2.05, 4.69) is 0 Å². The van der Waals surface area contributed by atoms with E-state index in [1.54, 1.807) is 7.11 Å². The van der Waals surface area contributed by atoms with E-state index in [0.29, 0.717) is 0 Å². The van der Waals surface area contributed by atoms with Crippen LogP contribution < -0.4 is 0 Å². The van der Waals surface area contributed by atoms with Crippen LogP contribution in [0.3, 0.4) is 0 Å². The van der Waals surface area contributed by atoms with Crippen molar-refractivity contribution in [3.8, 4) is 0 Å². The maximum atomic E-state index is 13.3. The first-order valence-electron chi connectivity index (χ1n) is 15.1. The smallest absolute Gasteiger partial charge is 0.337 e. The summed E-state index contributed by atoms with van der Waals surface area (Å²) in [4.78, 5) is 13.3. The molecule has 0 bridgehead atoms. The van der Waals surface area contributed by atoms with Gasteiger partial charge in [-0.2, -0.15) is 0 Å². The van der Waals surface area contributed by atoms with Crippen LogP contribution in [0.5, 0.6) is 0 Å². The molecule has 0 aromatic rings. The van der Waals surface area contributed by atoms with Gasteiger partial charge < -0.3 is 75.8 Å². The van der Waals surface area contributed by atoms with Crippen molar-refractivity contribution in [3.63, 3.8) is 0 Å². The van der Waals surface area contributed by atoms with E-state index in [4.69, 9.17) is 75.8 Å². The molecule has 2 rings (SSSR count). The van der Waals surface area contributed by atoms with Crippen LogP contribution in [0.15, 0.2) is 0 Å². The molecule has 2 aliphatic rings. The highest BCUT2D eigenvalue weighted by Crippen LogP contribution is 2.35. The molecule has 0 aromatic heterocycles. The van der Waals surface area contributed by atoms with E-state index in [9.17, 15) is 4.79 Å². The van der Waals surface area contributed by atoms with Crippen LogP contribution in [-0.2, 0) is 80.6 Å². The Balaban J connectivity index is 2.55. The summed E-state index contributed by atoms with van der Waals surface area (Å²) in [5, 5.41) is 0. The number of ether oxygens (including phenoxy) is 16. The molecule has 47 heavy (non-hydrogen) atoms. The summed E-state index contributed by atoms with van der Waals surface area (Å²) in [5.41, 5.74) is 0. The van der Waals surface area contributed by atoms with Gasteiger partial charge in [-0.15, -0.1) is 0 Å². The fourth-order valence-corrected chi connectivity index (χ4v) is 6.09. The van der Waals surface area contributed by atoms with E-state index >= 15 is 0 Å². The molecule has 0 aromatic carbocycles. The van der Waals surface area contributed by atoms with E-state index in [-0.39, 0.29) is 19.8 Å². The summed E-state index contributed by atoms with van der Waals surface area (Å²) in [7, 11) is 17.8. The predicted molar refractivity (Wildman–Crippen MR) is 161 cm³/mol. The maximum Gasteiger partial charge on any atom is 0.337 e.